The van der Waals surface area contributed by atoms with Crippen LogP contribution in [0, 0.1) is 5.41 Å². The van der Waals surface area contributed by atoms with Crippen molar-refractivity contribution in [2.45, 2.75) is 32.2 Å². The summed E-state index contributed by atoms with van der Waals surface area (Å²) in [6, 6.07) is 6.09. The Bertz CT molecular complexity index is 654. The maximum absolute atomic E-state index is 12.4. The molecule has 2 fully saturated rings. The zero-order chi connectivity index (χ0) is 19.3. The normalized spacial score (nSPS) is 23.0. The summed E-state index contributed by atoms with van der Waals surface area (Å²) < 4.78 is 11.0. The summed E-state index contributed by atoms with van der Waals surface area (Å²) in [7, 11) is 3.38. The Morgan fingerprint density at radius 1 is 1.19 bits per heavy atom. The van der Waals surface area contributed by atoms with E-state index < -0.39 is 0 Å². The smallest absolute Gasteiger partial charge is 0.223 e. The van der Waals surface area contributed by atoms with Crippen LogP contribution < -0.4 is 9.47 Å². The third kappa shape index (κ3) is 4.72. The average Bonchev–Trinajstić information content (AvgIpc) is 3.09. The SMILES string of the molecule is COc1cccc(CN2CCC[C@]3(CCN(C(=O)CCSC)C3)C2)c1OC. The summed E-state index contributed by atoms with van der Waals surface area (Å²) in [6.07, 6.45) is 6.28. The molecule has 0 bridgehead atoms. The lowest BCUT2D eigenvalue weighted by atomic mass is 9.79. The van der Waals surface area contributed by atoms with Crippen molar-refractivity contribution >= 4 is 17.7 Å². The van der Waals surface area contributed by atoms with Crippen LogP contribution in [0.1, 0.15) is 31.2 Å². The number of thioether (sulfide) groups is 1. The molecule has 6 heteroatoms. The van der Waals surface area contributed by atoms with E-state index >= 15 is 0 Å². The number of carbonyl (C=O) groups excluding carboxylic acids is 1. The molecule has 0 unspecified atom stereocenters. The van der Waals surface area contributed by atoms with Crippen LogP contribution in [-0.2, 0) is 11.3 Å². The van der Waals surface area contributed by atoms with E-state index in [-0.39, 0.29) is 5.41 Å². The van der Waals surface area contributed by atoms with Crippen molar-refractivity contribution in [1.29, 1.82) is 0 Å². The van der Waals surface area contributed by atoms with Crippen LogP contribution in [0.2, 0.25) is 0 Å². The fraction of sp³-hybridized carbons (Fsp3) is 0.667. The Hall–Kier alpha value is -1.40. The van der Waals surface area contributed by atoms with E-state index in [0.29, 0.717) is 12.3 Å². The van der Waals surface area contributed by atoms with Crippen molar-refractivity contribution in [3.05, 3.63) is 23.8 Å². The number of benzene rings is 1. The van der Waals surface area contributed by atoms with Gasteiger partial charge in [0.1, 0.15) is 0 Å². The van der Waals surface area contributed by atoms with E-state index in [1.165, 1.54) is 18.4 Å². The number of hydrogen-bond donors (Lipinski definition) is 0. The minimum atomic E-state index is 0.263. The van der Waals surface area contributed by atoms with Gasteiger partial charge in [-0.2, -0.15) is 11.8 Å². The topological polar surface area (TPSA) is 42.0 Å². The molecule has 2 aliphatic rings. The molecule has 3 rings (SSSR count). The Balaban J connectivity index is 1.64. The molecule has 0 aliphatic carbocycles. The lowest BCUT2D eigenvalue weighted by Gasteiger charge is -2.40. The third-order valence-electron chi connectivity index (χ3n) is 5.93. The molecule has 2 aliphatic heterocycles. The van der Waals surface area contributed by atoms with Crippen molar-refractivity contribution in [2.75, 3.05) is 52.4 Å². The second-order valence-corrected chi connectivity index (χ2v) is 8.76. The third-order valence-corrected chi connectivity index (χ3v) is 6.54. The highest BCUT2D eigenvalue weighted by Gasteiger charge is 2.42. The molecular formula is C21H32N2O3S. The Kier molecular flexibility index (Phi) is 6.93. The Morgan fingerprint density at radius 2 is 2.04 bits per heavy atom. The monoisotopic (exact) mass is 392 g/mol. The average molecular weight is 393 g/mol. The first kappa shape index (κ1) is 20.3. The predicted molar refractivity (Wildman–Crippen MR) is 111 cm³/mol. The van der Waals surface area contributed by atoms with Crippen molar-refractivity contribution in [3.63, 3.8) is 0 Å². The number of hydrogen-bond acceptors (Lipinski definition) is 5. The van der Waals surface area contributed by atoms with Crippen LogP contribution in [0.5, 0.6) is 11.5 Å². The number of para-hydroxylation sites is 1. The molecule has 1 aromatic rings. The standard InChI is InChI=1S/C21H32N2O3S/c1-25-18-7-4-6-17(20(18)26-2)14-22-11-5-9-21(15-22)10-12-23(16-21)19(24)8-13-27-3/h4,6-7H,5,8-16H2,1-3H3/t21-/m0/s1. The summed E-state index contributed by atoms with van der Waals surface area (Å²) in [4.78, 5) is 17.1. The summed E-state index contributed by atoms with van der Waals surface area (Å²) in [5.41, 5.74) is 1.43. The van der Waals surface area contributed by atoms with Gasteiger partial charge in [0.05, 0.1) is 14.2 Å². The summed E-state index contributed by atoms with van der Waals surface area (Å²) >= 11 is 1.75. The largest absolute Gasteiger partial charge is 0.493 e. The lowest BCUT2D eigenvalue weighted by molar-refractivity contribution is -0.130. The maximum atomic E-state index is 12.4. The zero-order valence-electron chi connectivity index (χ0n) is 16.8. The van der Waals surface area contributed by atoms with Crippen LogP contribution in [0.15, 0.2) is 18.2 Å². The molecule has 5 nitrogen and oxygen atoms in total. The van der Waals surface area contributed by atoms with Crippen LogP contribution in [0.3, 0.4) is 0 Å². The van der Waals surface area contributed by atoms with E-state index in [2.05, 4.69) is 22.1 Å². The first-order chi connectivity index (χ1) is 13.1. The van der Waals surface area contributed by atoms with Gasteiger partial charge in [-0.05, 0) is 38.1 Å². The van der Waals surface area contributed by atoms with Crippen molar-refractivity contribution in [3.8, 4) is 11.5 Å². The minimum Gasteiger partial charge on any atom is -0.493 e. The number of likely N-dealkylation sites (tertiary alicyclic amines) is 2. The van der Waals surface area contributed by atoms with Crippen LogP contribution in [0.25, 0.3) is 0 Å². The fourth-order valence-electron chi connectivity index (χ4n) is 4.59. The summed E-state index contributed by atoms with van der Waals surface area (Å²) in [5, 5.41) is 0. The highest BCUT2D eigenvalue weighted by atomic mass is 32.2. The number of ether oxygens (including phenoxy) is 2. The number of rotatable bonds is 7. The van der Waals surface area contributed by atoms with E-state index in [4.69, 9.17) is 9.47 Å². The van der Waals surface area contributed by atoms with Crippen LogP contribution >= 0.6 is 11.8 Å². The van der Waals surface area contributed by atoms with E-state index in [9.17, 15) is 4.79 Å². The first-order valence-electron chi connectivity index (χ1n) is 9.80. The number of amides is 1. The van der Waals surface area contributed by atoms with Gasteiger partial charge in [0, 0.05) is 49.3 Å². The molecule has 1 amide bonds. The Morgan fingerprint density at radius 3 is 2.78 bits per heavy atom. The maximum Gasteiger partial charge on any atom is 0.223 e. The molecule has 0 aromatic heterocycles. The molecule has 27 heavy (non-hydrogen) atoms. The second kappa shape index (κ2) is 9.20. The van der Waals surface area contributed by atoms with E-state index in [1.807, 2.05) is 12.1 Å². The lowest BCUT2D eigenvalue weighted by Crippen LogP contribution is -2.45. The van der Waals surface area contributed by atoms with E-state index in [1.54, 1.807) is 26.0 Å². The summed E-state index contributed by atoms with van der Waals surface area (Å²) in [6.45, 7) is 4.86. The highest BCUT2D eigenvalue weighted by Crippen LogP contribution is 2.40. The van der Waals surface area contributed by atoms with Gasteiger partial charge >= 0.3 is 0 Å². The van der Waals surface area contributed by atoms with Gasteiger partial charge in [-0.15, -0.1) is 0 Å². The van der Waals surface area contributed by atoms with Gasteiger partial charge in [0.2, 0.25) is 5.91 Å². The molecule has 2 heterocycles. The van der Waals surface area contributed by atoms with Gasteiger partial charge in [0.25, 0.3) is 0 Å². The zero-order valence-corrected chi connectivity index (χ0v) is 17.6. The van der Waals surface area contributed by atoms with Gasteiger partial charge in [-0.1, -0.05) is 12.1 Å². The molecule has 0 radical (unpaired) electrons. The van der Waals surface area contributed by atoms with Gasteiger partial charge in [-0.25, -0.2) is 0 Å². The molecule has 1 aromatic carbocycles. The number of nitrogens with zero attached hydrogens (tertiary/aromatic N) is 2. The van der Waals surface area contributed by atoms with Crippen molar-refractivity contribution in [2.24, 2.45) is 5.41 Å². The highest BCUT2D eigenvalue weighted by molar-refractivity contribution is 7.98. The second-order valence-electron chi connectivity index (χ2n) is 7.77. The van der Waals surface area contributed by atoms with Crippen molar-refractivity contribution < 1.29 is 14.3 Å². The molecule has 1 spiro atoms. The minimum absolute atomic E-state index is 0.263. The Labute approximate surface area is 167 Å². The first-order valence-corrected chi connectivity index (χ1v) is 11.2. The number of piperidine rings is 1. The molecular weight excluding hydrogens is 360 g/mol. The van der Waals surface area contributed by atoms with Gasteiger partial charge in [-0.3, -0.25) is 9.69 Å². The fourth-order valence-corrected chi connectivity index (χ4v) is 4.97. The molecule has 1 atom stereocenters. The predicted octanol–water partition coefficient (Wildman–Crippen LogP) is 3.27. The quantitative estimate of drug-likeness (QED) is 0.712. The molecule has 150 valence electrons. The molecule has 0 N–H and O–H groups in total. The summed E-state index contributed by atoms with van der Waals surface area (Å²) in [5.74, 6) is 2.87. The molecule has 0 saturated carbocycles. The number of carbonyl (C=O) groups is 1. The van der Waals surface area contributed by atoms with Crippen LogP contribution in [-0.4, -0.2) is 68.1 Å². The van der Waals surface area contributed by atoms with E-state index in [0.717, 1.165) is 56.4 Å². The van der Waals surface area contributed by atoms with Crippen molar-refractivity contribution in [1.82, 2.24) is 9.80 Å². The van der Waals surface area contributed by atoms with Gasteiger partial charge in [0.15, 0.2) is 11.5 Å². The number of methoxy groups -OCH3 is 2. The van der Waals surface area contributed by atoms with Crippen LogP contribution in [0.4, 0.5) is 0 Å². The molecule has 2 saturated heterocycles. The van der Waals surface area contributed by atoms with Gasteiger partial charge < -0.3 is 14.4 Å².